The van der Waals surface area contributed by atoms with Crippen LogP contribution in [0.4, 0.5) is 0 Å². The van der Waals surface area contributed by atoms with Gasteiger partial charge in [-0.3, -0.25) is 4.98 Å². The van der Waals surface area contributed by atoms with Crippen molar-refractivity contribution in [2.24, 2.45) is 0 Å². The minimum absolute atomic E-state index is 0.0586. The minimum Gasteiger partial charge on any atom is -0.399 e. The van der Waals surface area contributed by atoms with Crippen LogP contribution in [0.1, 0.15) is 60.3 Å². The van der Waals surface area contributed by atoms with Crippen molar-refractivity contribution in [2.45, 2.75) is 65.8 Å². The number of rotatable bonds is 3. The first-order valence-electron chi connectivity index (χ1n) is 7.72. The minimum atomic E-state index is -0.393. The Kier molecular flexibility index (Phi) is 6.63. The van der Waals surface area contributed by atoms with E-state index >= 15 is 0 Å². The van der Waals surface area contributed by atoms with Crippen LogP contribution in [-0.2, 0) is 14.0 Å². The Bertz CT molecular complexity index is 492. The lowest BCUT2D eigenvalue weighted by molar-refractivity contribution is 0.00578. The summed E-state index contributed by atoms with van der Waals surface area (Å²) in [4.78, 5) is 4.46. The molecule has 1 aromatic heterocycles. The van der Waals surface area contributed by atoms with Crippen LogP contribution in [-0.4, -0.2) is 30.4 Å². The average molecular weight is 372 g/mol. The molecule has 0 amide bonds. The third-order valence-electron chi connectivity index (χ3n) is 4.15. The Balaban J connectivity index is 0.00000116. The molecule has 0 radical (unpaired) electrons. The molecule has 1 aliphatic rings. The Morgan fingerprint density at radius 3 is 2.09 bits per heavy atom. The number of ether oxygens (including phenoxy) is 1. The summed E-state index contributed by atoms with van der Waals surface area (Å²) >= 11 is 3.54. The molecular formula is C16H27BBrNO3. The molecule has 2 heterocycles. The zero-order valence-corrected chi connectivity index (χ0v) is 16.4. The number of pyridine rings is 1. The summed E-state index contributed by atoms with van der Waals surface area (Å²) < 4.78 is 18.2. The molecule has 22 heavy (non-hydrogen) atoms. The maximum absolute atomic E-state index is 6.02. The van der Waals surface area contributed by atoms with Gasteiger partial charge in [0.2, 0.25) is 0 Å². The van der Waals surface area contributed by atoms with Crippen molar-refractivity contribution in [1.82, 2.24) is 4.98 Å². The lowest BCUT2D eigenvalue weighted by atomic mass is 9.80. The summed E-state index contributed by atoms with van der Waals surface area (Å²) in [7, 11) is 1.27. The zero-order chi connectivity index (χ0) is 17.1. The molecule has 0 saturated carbocycles. The molecule has 0 N–H and O–H groups in total. The lowest BCUT2D eigenvalue weighted by Crippen LogP contribution is -2.41. The van der Waals surface area contributed by atoms with Gasteiger partial charge in [0, 0.05) is 23.2 Å². The van der Waals surface area contributed by atoms with E-state index in [1.165, 1.54) is 0 Å². The molecule has 4 nitrogen and oxygen atoms in total. The maximum atomic E-state index is 6.02. The quantitative estimate of drug-likeness (QED) is 0.756. The largest absolute Gasteiger partial charge is 0.496 e. The van der Waals surface area contributed by atoms with Crippen LogP contribution in [0.3, 0.4) is 0 Å². The Labute approximate surface area is 143 Å². The second-order valence-corrected chi connectivity index (χ2v) is 6.96. The predicted octanol–water partition coefficient (Wildman–Crippen LogP) is 3.88. The van der Waals surface area contributed by atoms with Gasteiger partial charge in [-0.05, 0) is 56.6 Å². The monoisotopic (exact) mass is 371 g/mol. The van der Waals surface area contributed by atoms with Crippen molar-refractivity contribution in [2.75, 3.05) is 7.11 Å². The highest BCUT2D eigenvalue weighted by Crippen LogP contribution is 2.36. The van der Waals surface area contributed by atoms with Crippen molar-refractivity contribution in [1.29, 1.82) is 0 Å². The first kappa shape index (κ1) is 19.6. The maximum Gasteiger partial charge on any atom is 0.496 e. The second kappa shape index (κ2) is 7.43. The van der Waals surface area contributed by atoms with Crippen molar-refractivity contribution in [3.63, 3.8) is 0 Å². The average Bonchev–Trinajstić information content (AvgIpc) is 2.69. The first-order valence-corrected chi connectivity index (χ1v) is 8.51. The van der Waals surface area contributed by atoms with E-state index in [9.17, 15) is 0 Å². The van der Waals surface area contributed by atoms with Gasteiger partial charge in [0.25, 0.3) is 0 Å². The third-order valence-corrected chi connectivity index (χ3v) is 4.79. The van der Waals surface area contributed by atoms with E-state index in [1.54, 1.807) is 13.3 Å². The van der Waals surface area contributed by atoms with E-state index in [1.807, 2.05) is 54.5 Å². The number of nitrogens with zero attached hydrogens (tertiary/aromatic N) is 1. The lowest BCUT2D eigenvalue weighted by Gasteiger charge is -2.32. The predicted molar refractivity (Wildman–Crippen MR) is 94.4 cm³/mol. The molecule has 0 aromatic carbocycles. The molecule has 2 rings (SSSR count). The van der Waals surface area contributed by atoms with E-state index in [4.69, 9.17) is 14.0 Å². The Hall–Kier alpha value is -0.425. The summed E-state index contributed by atoms with van der Waals surface area (Å²) in [5.74, 6) is 0. The van der Waals surface area contributed by atoms with E-state index in [2.05, 4.69) is 20.9 Å². The molecule has 6 heteroatoms. The summed E-state index contributed by atoms with van der Waals surface area (Å²) in [6, 6.07) is 1.99. The van der Waals surface area contributed by atoms with Gasteiger partial charge in [0.05, 0.1) is 23.0 Å². The van der Waals surface area contributed by atoms with Crippen molar-refractivity contribution in [3.8, 4) is 0 Å². The smallest absolute Gasteiger partial charge is 0.399 e. The summed E-state index contributed by atoms with van der Waals surface area (Å²) in [6.45, 7) is 14.1. The molecule has 1 aliphatic heterocycles. The van der Waals surface area contributed by atoms with Crippen LogP contribution in [0.15, 0.2) is 16.7 Å². The van der Waals surface area contributed by atoms with E-state index in [0.29, 0.717) is 0 Å². The molecular weight excluding hydrogens is 345 g/mol. The fraction of sp³-hybridized carbons (Fsp3) is 0.688. The molecule has 1 aromatic rings. The van der Waals surface area contributed by atoms with E-state index in [-0.39, 0.29) is 17.3 Å². The highest BCUT2D eigenvalue weighted by Gasteiger charge is 2.51. The standard InChI is InChI=1S/C14H21BBrNO3.C2H6/c1-9(18-6)12-11(16)7-10(8-17-12)15-19-13(2,3)14(4,5)20-15;1-2/h7-9H,1-6H3;1-2H3. The normalized spacial score (nSPS) is 20.3. The van der Waals surface area contributed by atoms with Crippen molar-refractivity contribution in [3.05, 3.63) is 22.4 Å². The van der Waals surface area contributed by atoms with Gasteiger partial charge in [0.1, 0.15) is 0 Å². The molecule has 1 saturated heterocycles. The number of hydrogen-bond acceptors (Lipinski definition) is 4. The molecule has 1 unspecified atom stereocenters. The zero-order valence-electron chi connectivity index (χ0n) is 14.9. The van der Waals surface area contributed by atoms with Crippen LogP contribution in [0.5, 0.6) is 0 Å². The third kappa shape index (κ3) is 3.91. The first-order chi connectivity index (χ1) is 10.2. The number of hydrogen-bond donors (Lipinski definition) is 0. The van der Waals surface area contributed by atoms with Gasteiger partial charge in [-0.25, -0.2) is 0 Å². The van der Waals surface area contributed by atoms with Crippen molar-refractivity contribution < 1.29 is 14.0 Å². The van der Waals surface area contributed by atoms with Gasteiger partial charge in [0.15, 0.2) is 0 Å². The van der Waals surface area contributed by atoms with E-state index in [0.717, 1.165) is 15.6 Å². The second-order valence-electron chi connectivity index (χ2n) is 6.10. The fourth-order valence-corrected chi connectivity index (χ4v) is 2.67. The highest BCUT2D eigenvalue weighted by atomic mass is 79.9. The van der Waals surface area contributed by atoms with Crippen LogP contribution in [0, 0.1) is 0 Å². The molecule has 0 bridgehead atoms. The SMILES string of the molecule is CC.COC(C)c1ncc(B2OC(C)(C)C(C)(C)O2)cc1Br. The summed E-state index contributed by atoms with van der Waals surface area (Å²) in [5.41, 5.74) is 1.08. The van der Waals surface area contributed by atoms with Gasteiger partial charge < -0.3 is 14.0 Å². The van der Waals surface area contributed by atoms with Gasteiger partial charge >= 0.3 is 7.12 Å². The summed E-state index contributed by atoms with van der Waals surface area (Å²) in [6.07, 6.45) is 1.73. The fourth-order valence-electron chi connectivity index (χ4n) is 1.98. The molecule has 1 fully saturated rings. The molecule has 0 spiro atoms. The van der Waals surface area contributed by atoms with Crippen LogP contribution in [0.25, 0.3) is 0 Å². The van der Waals surface area contributed by atoms with Crippen LogP contribution >= 0.6 is 15.9 Å². The van der Waals surface area contributed by atoms with Crippen LogP contribution < -0.4 is 5.46 Å². The molecule has 1 atom stereocenters. The number of aromatic nitrogens is 1. The Morgan fingerprint density at radius 2 is 1.68 bits per heavy atom. The summed E-state index contributed by atoms with van der Waals surface area (Å²) in [5, 5.41) is 0. The van der Waals surface area contributed by atoms with Gasteiger partial charge in [-0.1, -0.05) is 13.8 Å². The van der Waals surface area contributed by atoms with Crippen LogP contribution in [0.2, 0.25) is 0 Å². The molecule has 0 aliphatic carbocycles. The van der Waals surface area contributed by atoms with Gasteiger partial charge in [-0.15, -0.1) is 0 Å². The molecule has 124 valence electrons. The van der Waals surface area contributed by atoms with Crippen molar-refractivity contribution >= 4 is 28.5 Å². The Morgan fingerprint density at radius 1 is 1.18 bits per heavy atom. The van der Waals surface area contributed by atoms with Gasteiger partial charge in [-0.2, -0.15) is 0 Å². The topological polar surface area (TPSA) is 40.6 Å². The highest BCUT2D eigenvalue weighted by molar-refractivity contribution is 9.10. The number of halogens is 1. The number of methoxy groups -OCH3 is 1. The van der Waals surface area contributed by atoms with E-state index < -0.39 is 7.12 Å².